The first-order valence-electron chi connectivity index (χ1n) is 9.92. The fourth-order valence-electron chi connectivity index (χ4n) is 4.07. The van der Waals surface area contributed by atoms with Crippen molar-refractivity contribution in [3.05, 3.63) is 83.9 Å². The molecule has 0 aromatic heterocycles. The molecule has 1 heterocycles. The molecule has 5 nitrogen and oxygen atoms in total. The molecule has 164 valence electrons. The zero-order valence-corrected chi connectivity index (χ0v) is 17.4. The number of allylic oxidation sites excluding steroid dienone is 1. The van der Waals surface area contributed by atoms with Gasteiger partial charge in [-0.05, 0) is 17.5 Å². The highest BCUT2D eigenvalue weighted by atomic mass is 32.2. The van der Waals surface area contributed by atoms with Crippen LogP contribution in [0, 0.1) is 5.92 Å². The maximum absolute atomic E-state index is 13.2. The van der Waals surface area contributed by atoms with Crippen molar-refractivity contribution in [2.45, 2.75) is 31.1 Å². The van der Waals surface area contributed by atoms with Gasteiger partial charge in [-0.1, -0.05) is 72.8 Å². The number of rotatable bonds is 5. The molecule has 1 fully saturated rings. The Kier molecular flexibility index (Phi) is 5.79. The summed E-state index contributed by atoms with van der Waals surface area (Å²) in [6.45, 7) is 0.940. The Labute approximate surface area is 179 Å². The molecular formula is C22H22F3N3O2S. The first-order valence-corrected chi connectivity index (χ1v) is 11.4. The standard InChI is InChI=1S/C22H22F3N3O2S/c23-22(24,25)31(29,30)26-21-27(14-17-8-3-1-4-9-17)16-19-12-7-13-20(19)28(21)15-18-10-5-2-6-11-18/h1-11,13,19-20H,12,14-16H2/b26-21+/t19-,20-/m0/s1. The van der Waals surface area contributed by atoms with E-state index < -0.39 is 15.5 Å². The Hall–Kier alpha value is -2.81. The van der Waals surface area contributed by atoms with Crippen molar-refractivity contribution < 1.29 is 21.6 Å². The van der Waals surface area contributed by atoms with Crippen molar-refractivity contribution in [1.29, 1.82) is 0 Å². The van der Waals surface area contributed by atoms with Crippen LogP contribution in [-0.4, -0.2) is 42.3 Å². The number of fused-ring (bicyclic) bond motifs is 1. The summed E-state index contributed by atoms with van der Waals surface area (Å²) in [6.07, 6.45) is 4.71. The van der Waals surface area contributed by atoms with Crippen LogP contribution < -0.4 is 0 Å². The minimum atomic E-state index is -5.70. The number of alkyl halides is 3. The van der Waals surface area contributed by atoms with Crippen LogP contribution in [0.4, 0.5) is 13.2 Å². The van der Waals surface area contributed by atoms with Gasteiger partial charge in [-0.3, -0.25) is 0 Å². The summed E-state index contributed by atoms with van der Waals surface area (Å²) in [5, 5.41) is 0. The molecule has 2 aromatic carbocycles. The Bertz CT molecular complexity index is 1070. The lowest BCUT2D eigenvalue weighted by Crippen LogP contribution is -2.57. The van der Waals surface area contributed by atoms with E-state index in [1.54, 1.807) is 9.80 Å². The van der Waals surface area contributed by atoms with Crippen LogP contribution in [0.15, 0.2) is 77.2 Å². The van der Waals surface area contributed by atoms with E-state index in [0.29, 0.717) is 6.54 Å². The second-order valence-corrected chi connectivity index (χ2v) is 9.30. The summed E-state index contributed by atoms with van der Waals surface area (Å²) in [4.78, 5) is 3.33. The third kappa shape index (κ3) is 4.61. The summed E-state index contributed by atoms with van der Waals surface area (Å²) < 4.78 is 67.0. The lowest BCUT2D eigenvalue weighted by atomic mass is 9.96. The van der Waals surface area contributed by atoms with Crippen LogP contribution >= 0.6 is 0 Å². The van der Waals surface area contributed by atoms with Gasteiger partial charge in [0, 0.05) is 25.6 Å². The fraction of sp³-hybridized carbons (Fsp3) is 0.318. The van der Waals surface area contributed by atoms with Gasteiger partial charge < -0.3 is 9.80 Å². The number of hydrogen-bond donors (Lipinski definition) is 0. The molecule has 0 spiro atoms. The van der Waals surface area contributed by atoms with Crippen LogP contribution in [0.1, 0.15) is 17.5 Å². The lowest BCUT2D eigenvalue weighted by molar-refractivity contribution is -0.0436. The number of sulfonamides is 1. The molecule has 1 aliphatic carbocycles. The van der Waals surface area contributed by atoms with E-state index in [2.05, 4.69) is 4.40 Å². The van der Waals surface area contributed by atoms with Gasteiger partial charge in [-0.25, -0.2) is 0 Å². The van der Waals surface area contributed by atoms with Gasteiger partial charge in [-0.15, -0.1) is 4.40 Å². The van der Waals surface area contributed by atoms with Gasteiger partial charge in [0.15, 0.2) is 0 Å². The highest BCUT2D eigenvalue weighted by Gasteiger charge is 2.48. The van der Waals surface area contributed by atoms with E-state index in [9.17, 15) is 21.6 Å². The summed E-state index contributed by atoms with van der Waals surface area (Å²) in [5.41, 5.74) is -3.73. The number of halogens is 3. The normalized spacial score (nSPS) is 22.7. The SMILES string of the molecule is O=S(=O)(/N=C1\N(Cc2ccccc2)C[C@@H]2CC=C[C@@H]2N1Cc1ccccc1)C(F)(F)F. The van der Waals surface area contributed by atoms with Crippen molar-refractivity contribution in [1.82, 2.24) is 9.80 Å². The summed E-state index contributed by atoms with van der Waals surface area (Å²) in [7, 11) is -5.70. The average Bonchev–Trinajstić information content (AvgIpc) is 3.19. The Balaban J connectivity index is 1.78. The molecule has 2 atom stereocenters. The van der Waals surface area contributed by atoms with E-state index in [0.717, 1.165) is 17.5 Å². The van der Waals surface area contributed by atoms with Crippen molar-refractivity contribution >= 4 is 16.0 Å². The smallest absolute Gasteiger partial charge is 0.337 e. The minimum Gasteiger partial charge on any atom is -0.337 e. The van der Waals surface area contributed by atoms with E-state index in [-0.39, 0.29) is 31.0 Å². The average molecular weight is 449 g/mol. The van der Waals surface area contributed by atoms with Gasteiger partial charge >= 0.3 is 15.5 Å². The molecule has 2 aliphatic rings. The number of nitrogens with zero attached hydrogens (tertiary/aromatic N) is 3. The van der Waals surface area contributed by atoms with Crippen LogP contribution in [0.25, 0.3) is 0 Å². The second-order valence-electron chi connectivity index (χ2n) is 7.71. The Morgan fingerprint density at radius 3 is 2.10 bits per heavy atom. The first kappa shape index (κ1) is 21.4. The monoisotopic (exact) mass is 449 g/mol. The molecule has 0 N–H and O–H groups in total. The highest BCUT2D eigenvalue weighted by molar-refractivity contribution is 7.91. The molecule has 1 aliphatic heterocycles. The Morgan fingerprint density at radius 2 is 1.52 bits per heavy atom. The maximum atomic E-state index is 13.2. The van der Waals surface area contributed by atoms with Gasteiger partial charge in [0.2, 0.25) is 5.96 Å². The van der Waals surface area contributed by atoms with E-state index >= 15 is 0 Å². The van der Waals surface area contributed by atoms with Crippen LogP contribution in [0.2, 0.25) is 0 Å². The quantitative estimate of drug-likeness (QED) is 0.644. The molecule has 0 amide bonds. The molecule has 0 unspecified atom stereocenters. The topological polar surface area (TPSA) is 53.0 Å². The lowest BCUT2D eigenvalue weighted by Gasteiger charge is -2.46. The van der Waals surface area contributed by atoms with Crippen molar-refractivity contribution in [3.8, 4) is 0 Å². The van der Waals surface area contributed by atoms with Gasteiger partial charge in [-0.2, -0.15) is 21.6 Å². The summed E-state index contributed by atoms with van der Waals surface area (Å²) in [6, 6.07) is 18.3. The number of guanidine groups is 1. The zero-order valence-electron chi connectivity index (χ0n) is 16.6. The molecule has 31 heavy (non-hydrogen) atoms. The molecule has 4 rings (SSSR count). The molecule has 1 saturated heterocycles. The summed E-state index contributed by atoms with van der Waals surface area (Å²) >= 11 is 0. The number of hydrogen-bond acceptors (Lipinski definition) is 2. The molecular weight excluding hydrogens is 427 g/mol. The third-order valence-electron chi connectivity index (χ3n) is 5.52. The van der Waals surface area contributed by atoms with Crippen molar-refractivity contribution in [2.24, 2.45) is 10.3 Å². The van der Waals surface area contributed by atoms with E-state index in [4.69, 9.17) is 0 Å². The second kappa shape index (κ2) is 8.37. The van der Waals surface area contributed by atoms with Gasteiger partial charge in [0.05, 0.1) is 6.04 Å². The van der Waals surface area contributed by atoms with Crippen molar-refractivity contribution in [3.63, 3.8) is 0 Å². The predicted octanol–water partition coefficient (Wildman–Crippen LogP) is 4.15. The van der Waals surface area contributed by atoms with Gasteiger partial charge in [0.25, 0.3) is 0 Å². The number of benzene rings is 2. The fourth-order valence-corrected chi connectivity index (χ4v) is 4.61. The molecule has 0 saturated carbocycles. The molecule has 0 bridgehead atoms. The Morgan fingerprint density at radius 1 is 0.935 bits per heavy atom. The largest absolute Gasteiger partial charge is 0.518 e. The van der Waals surface area contributed by atoms with Crippen LogP contribution in [0.3, 0.4) is 0 Å². The molecule has 9 heteroatoms. The summed E-state index contributed by atoms with van der Waals surface area (Å²) in [5.74, 6) is -0.0298. The van der Waals surface area contributed by atoms with Gasteiger partial charge in [0.1, 0.15) is 0 Å². The van der Waals surface area contributed by atoms with E-state index in [1.165, 1.54) is 0 Å². The first-order chi connectivity index (χ1) is 14.7. The van der Waals surface area contributed by atoms with Crippen LogP contribution in [0.5, 0.6) is 0 Å². The van der Waals surface area contributed by atoms with E-state index in [1.807, 2.05) is 72.8 Å². The minimum absolute atomic E-state index is 0.139. The predicted molar refractivity (Wildman–Crippen MR) is 112 cm³/mol. The van der Waals surface area contributed by atoms with Crippen molar-refractivity contribution in [2.75, 3.05) is 6.54 Å². The third-order valence-corrected chi connectivity index (χ3v) is 6.50. The highest BCUT2D eigenvalue weighted by Crippen LogP contribution is 2.34. The molecule has 2 aromatic rings. The zero-order chi connectivity index (χ0) is 22.1. The molecule has 0 radical (unpaired) electrons. The maximum Gasteiger partial charge on any atom is 0.518 e. The van der Waals surface area contributed by atoms with Crippen LogP contribution in [-0.2, 0) is 23.1 Å².